The molecule has 1 heteroatoms. The second kappa shape index (κ2) is 5.16. The summed E-state index contributed by atoms with van der Waals surface area (Å²) in [5, 5.41) is 10.1. The maximum Gasteiger partial charge on any atom is 0.0571 e. The van der Waals surface area contributed by atoms with E-state index in [1.165, 1.54) is 19.3 Å². The van der Waals surface area contributed by atoms with Crippen molar-refractivity contribution < 1.29 is 5.11 Å². The fourth-order valence-corrected chi connectivity index (χ4v) is 3.00. The molecule has 1 saturated carbocycles. The Kier molecular flexibility index (Phi) is 4.43. The first kappa shape index (κ1) is 12.0. The largest absolute Gasteiger partial charge is 0.393 e. The van der Waals surface area contributed by atoms with Gasteiger partial charge in [0.15, 0.2) is 0 Å². The zero-order valence-electron chi connectivity index (χ0n) is 10.2. The van der Waals surface area contributed by atoms with E-state index in [9.17, 15) is 5.11 Å². The molecule has 1 aliphatic carbocycles. The van der Waals surface area contributed by atoms with E-state index in [0.29, 0.717) is 11.8 Å². The van der Waals surface area contributed by atoms with Gasteiger partial charge in [0.2, 0.25) is 0 Å². The summed E-state index contributed by atoms with van der Waals surface area (Å²) < 4.78 is 0. The highest BCUT2D eigenvalue weighted by atomic mass is 16.3. The average molecular weight is 198 g/mol. The molecule has 0 aromatic heterocycles. The molecule has 0 aromatic rings. The standard InChI is InChI=1S/C13H26O/c1-9(2)5-13(14)12-7-10(3)6-11(4)8-12/h9-14H,5-8H2,1-4H3. The van der Waals surface area contributed by atoms with E-state index < -0.39 is 0 Å². The summed E-state index contributed by atoms with van der Waals surface area (Å²) in [6, 6.07) is 0. The number of aliphatic hydroxyl groups excluding tert-OH is 1. The lowest BCUT2D eigenvalue weighted by molar-refractivity contribution is 0.0412. The Bertz CT molecular complexity index is 155. The van der Waals surface area contributed by atoms with Crippen molar-refractivity contribution in [2.75, 3.05) is 0 Å². The van der Waals surface area contributed by atoms with E-state index in [2.05, 4.69) is 27.7 Å². The van der Waals surface area contributed by atoms with Gasteiger partial charge in [0.25, 0.3) is 0 Å². The van der Waals surface area contributed by atoms with Crippen LogP contribution in [0.15, 0.2) is 0 Å². The lowest BCUT2D eigenvalue weighted by Gasteiger charge is -2.34. The molecule has 84 valence electrons. The Morgan fingerprint density at radius 2 is 1.57 bits per heavy atom. The zero-order chi connectivity index (χ0) is 10.7. The Balaban J connectivity index is 2.42. The third-order valence-corrected chi connectivity index (χ3v) is 3.47. The number of aliphatic hydroxyl groups is 1. The van der Waals surface area contributed by atoms with Crippen LogP contribution in [0.1, 0.15) is 53.4 Å². The lowest BCUT2D eigenvalue weighted by atomic mass is 9.73. The molecule has 3 atom stereocenters. The predicted octanol–water partition coefficient (Wildman–Crippen LogP) is 3.47. The highest BCUT2D eigenvalue weighted by Crippen LogP contribution is 2.35. The van der Waals surface area contributed by atoms with Crippen molar-refractivity contribution in [2.24, 2.45) is 23.7 Å². The second-order valence-electron chi connectivity index (χ2n) is 5.87. The Morgan fingerprint density at radius 1 is 1.07 bits per heavy atom. The maximum atomic E-state index is 10.1. The van der Waals surface area contributed by atoms with E-state index >= 15 is 0 Å². The molecular formula is C13H26O. The van der Waals surface area contributed by atoms with Crippen molar-refractivity contribution in [3.63, 3.8) is 0 Å². The van der Waals surface area contributed by atoms with Gasteiger partial charge in [-0.05, 0) is 49.4 Å². The smallest absolute Gasteiger partial charge is 0.0571 e. The Hall–Kier alpha value is -0.0400. The second-order valence-corrected chi connectivity index (χ2v) is 5.87. The van der Waals surface area contributed by atoms with Crippen LogP contribution in [0.3, 0.4) is 0 Å². The first-order chi connectivity index (χ1) is 6.49. The lowest BCUT2D eigenvalue weighted by Crippen LogP contribution is -2.30. The van der Waals surface area contributed by atoms with Gasteiger partial charge in [-0.15, -0.1) is 0 Å². The van der Waals surface area contributed by atoms with Crippen molar-refractivity contribution in [1.29, 1.82) is 0 Å². The monoisotopic (exact) mass is 198 g/mol. The van der Waals surface area contributed by atoms with Crippen LogP contribution in [-0.2, 0) is 0 Å². The van der Waals surface area contributed by atoms with Crippen LogP contribution in [-0.4, -0.2) is 11.2 Å². The molecule has 1 rings (SSSR count). The van der Waals surface area contributed by atoms with Gasteiger partial charge >= 0.3 is 0 Å². The summed E-state index contributed by atoms with van der Waals surface area (Å²) in [7, 11) is 0. The molecule has 1 aliphatic rings. The van der Waals surface area contributed by atoms with E-state index in [1.54, 1.807) is 0 Å². The molecule has 0 saturated heterocycles. The van der Waals surface area contributed by atoms with Crippen LogP contribution in [0.4, 0.5) is 0 Å². The molecule has 0 radical (unpaired) electrons. The van der Waals surface area contributed by atoms with Crippen LogP contribution in [0, 0.1) is 23.7 Å². The highest BCUT2D eigenvalue weighted by Gasteiger charge is 2.28. The quantitative estimate of drug-likeness (QED) is 0.736. The van der Waals surface area contributed by atoms with Crippen molar-refractivity contribution in [3.8, 4) is 0 Å². The summed E-state index contributed by atoms with van der Waals surface area (Å²) in [5.74, 6) is 2.81. The third kappa shape index (κ3) is 3.61. The topological polar surface area (TPSA) is 20.2 Å². The Morgan fingerprint density at radius 3 is 2.00 bits per heavy atom. The average Bonchev–Trinajstić information content (AvgIpc) is 2.00. The van der Waals surface area contributed by atoms with Crippen LogP contribution < -0.4 is 0 Å². The van der Waals surface area contributed by atoms with Crippen molar-refractivity contribution in [1.82, 2.24) is 0 Å². The number of hydrogen-bond donors (Lipinski definition) is 1. The minimum atomic E-state index is -0.0554. The number of hydrogen-bond acceptors (Lipinski definition) is 1. The van der Waals surface area contributed by atoms with Gasteiger partial charge in [-0.25, -0.2) is 0 Å². The first-order valence-corrected chi connectivity index (χ1v) is 6.17. The Labute approximate surface area is 88.9 Å². The minimum Gasteiger partial charge on any atom is -0.393 e. The molecule has 3 unspecified atom stereocenters. The van der Waals surface area contributed by atoms with Crippen LogP contribution in [0.25, 0.3) is 0 Å². The molecule has 0 spiro atoms. The third-order valence-electron chi connectivity index (χ3n) is 3.47. The molecule has 0 aromatic carbocycles. The van der Waals surface area contributed by atoms with Crippen LogP contribution in [0.2, 0.25) is 0 Å². The molecule has 14 heavy (non-hydrogen) atoms. The fraction of sp³-hybridized carbons (Fsp3) is 1.00. The predicted molar refractivity (Wildman–Crippen MR) is 61.1 cm³/mol. The summed E-state index contributed by atoms with van der Waals surface area (Å²) in [4.78, 5) is 0. The van der Waals surface area contributed by atoms with E-state index in [0.717, 1.165) is 18.3 Å². The molecule has 1 fully saturated rings. The van der Waals surface area contributed by atoms with Gasteiger partial charge in [-0.3, -0.25) is 0 Å². The normalized spacial score (nSPS) is 36.0. The van der Waals surface area contributed by atoms with Gasteiger partial charge in [-0.2, -0.15) is 0 Å². The minimum absolute atomic E-state index is 0.0554. The summed E-state index contributed by atoms with van der Waals surface area (Å²) in [5.41, 5.74) is 0. The maximum absolute atomic E-state index is 10.1. The van der Waals surface area contributed by atoms with Crippen LogP contribution in [0.5, 0.6) is 0 Å². The molecular weight excluding hydrogens is 172 g/mol. The summed E-state index contributed by atoms with van der Waals surface area (Å²) in [6.07, 6.45) is 4.74. The summed E-state index contributed by atoms with van der Waals surface area (Å²) in [6.45, 7) is 9.04. The molecule has 0 heterocycles. The molecule has 1 nitrogen and oxygen atoms in total. The van der Waals surface area contributed by atoms with Gasteiger partial charge in [0.1, 0.15) is 0 Å². The highest BCUT2D eigenvalue weighted by molar-refractivity contribution is 4.80. The van der Waals surface area contributed by atoms with E-state index in [-0.39, 0.29) is 6.10 Å². The van der Waals surface area contributed by atoms with Crippen molar-refractivity contribution >= 4 is 0 Å². The summed E-state index contributed by atoms with van der Waals surface area (Å²) >= 11 is 0. The molecule has 1 N–H and O–H groups in total. The van der Waals surface area contributed by atoms with Gasteiger partial charge in [0.05, 0.1) is 6.10 Å². The van der Waals surface area contributed by atoms with Crippen molar-refractivity contribution in [3.05, 3.63) is 0 Å². The first-order valence-electron chi connectivity index (χ1n) is 6.17. The van der Waals surface area contributed by atoms with E-state index in [1.807, 2.05) is 0 Å². The van der Waals surface area contributed by atoms with Gasteiger partial charge in [-0.1, -0.05) is 27.7 Å². The zero-order valence-corrected chi connectivity index (χ0v) is 10.2. The van der Waals surface area contributed by atoms with Gasteiger partial charge < -0.3 is 5.11 Å². The molecule has 0 amide bonds. The fourth-order valence-electron chi connectivity index (χ4n) is 3.00. The number of rotatable bonds is 3. The SMILES string of the molecule is CC(C)CC(O)C1CC(C)CC(C)C1. The van der Waals surface area contributed by atoms with E-state index in [4.69, 9.17) is 0 Å². The molecule has 0 bridgehead atoms. The van der Waals surface area contributed by atoms with Crippen LogP contribution >= 0.6 is 0 Å². The van der Waals surface area contributed by atoms with Gasteiger partial charge in [0, 0.05) is 0 Å². The molecule has 0 aliphatic heterocycles. The van der Waals surface area contributed by atoms with Crippen molar-refractivity contribution in [2.45, 2.75) is 59.5 Å².